The largest absolute Gasteiger partial charge is 0.389 e. The Kier molecular flexibility index (Phi) is 9.70. The van der Waals surface area contributed by atoms with Crippen LogP contribution in [0.4, 0.5) is 0 Å². The highest BCUT2D eigenvalue weighted by Crippen LogP contribution is 2.12. The summed E-state index contributed by atoms with van der Waals surface area (Å²) in [5, 5.41) is 32.5. The van der Waals surface area contributed by atoms with Gasteiger partial charge in [0, 0.05) is 6.04 Å². The van der Waals surface area contributed by atoms with Gasteiger partial charge in [-0.25, -0.2) is 0 Å². The molecule has 0 fully saturated rings. The second kappa shape index (κ2) is 11.3. The summed E-state index contributed by atoms with van der Waals surface area (Å²) in [7, 11) is 0. The second-order valence-electron chi connectivity index (χ2n) is 5.19. The monoisotopic (exact) mass is 325 g/mol. The van der Waals surface area contributed by atoms with Crippen LogP contribution in [0.2, 0.25) is 0 Å². The van der Waals surface area contributed by atoms with Crippen molar-refractivity contribution >= 4 is 0 Å². The van der Waals surface area contributed by atoms with E-state index in [2.05, 4.69) is 11.9 Å². The summed E-state index contributed by atoms with van der Waals surface area (Å²) in [4.78, 5) is 0. The van der Waals surface area contributed by atoms with Gasteiger partial charge in [0.05, 0.1) is 25.9 Å². The van der Waals surface area contributed by atoms with E-state index in [1.165, 1.54) is 6.08 Å². The SMILES string of the molecule is C=CCO[C@@H](O)N[C@@H](CC)[C@H](O)COC[C@H](O)c1ccccc1. The van der Waals surface area contributed by atoms with Crippen LogP contribution in [-0.2, 0) is 9.47 Å². The van der Waals surface area contributed by atoms with Gasteiger partial charge in [0.15, 0.2) is 0 Å². The first kappa shape index (κ1) is 19.8. The molecule has 1 aromatic carbocycles. The zero-order valence-electron chi connectivity index (χ0n) is 13.5. The minimum absolute atomic E-state index is 0.0452. The number of hydrogen-bond acceptors (Lipinski definition) is 6. The van der Waals surface area contributed by atoms with Crippen molar-refractivity contribution in [3.05, 3.63) is 48.6 Å². The Morgan fingerprint density at radius 1 is 1.17 bits per heavy atom. The van der Waals surface area contributed by atoms with E-state index in [0.717, 1.165) is 5.56 Å². The molecule has 4 N–H and O–H groups in total. The van der Waals surface area contributed by atoms with Gasteiger partial charge < -0.3 is 24.8 Å². The van der Waals surface area contributed by atoms with Gasteiger partial charge in [-0.3, -0.25) is 5.32 Å². The lowest BCUT2D eigenvalue weighted by Gasteiger charge is -2.26. The van der Waals surface area contributed by atoms with E-state index in [-0.39, 0.29) is 25.9 Å². The average molecular weight is 325 g/mol. The Hall–Kier alpha value is -1.28. The Bertz CT molecular complexity index is 428. The molecule has 0 saturated carbocycles. The number of nitrogens with one attached hydrogen (secondary N) is 1. The van der Waals surface area contributed by atoms with Crippen LogP contribution in [0.25, 0.3) is 0 Å². The Morgan fingerprint density at radius 3 is 2.48 bits per heavy atom. The molecule has 0 unspecified atom stereocenters. The Balaban J connectivity index is 2.32. The Morgan fingerprint density at radius 2 is 1.87 bits per heavy atom. The van der Waals surface area contributed by atoms with Crippen LogP contribution in [0.5, 0.6) is 0 Å². The van der Waals surface area contributed by atoms with Crippen molar-refractivity contribution in [2.75, 3.05) is 19.8 Å². The molecular weight excluding hydrogens is 298 g/mol. The van der Waals surface area contributed by atoms with E-state index in [9.17, 15) is 15.3 Å². The molecule has 6 nitrogen and oxygen atoms in total. The number of benzene rings is 1. The lowest BCUT2D eigenvalue weighted by Crippen LogP contribution is -2.48. The maximum atomic E-state index is 10.1. The van der Waals surface area contributed by atoms with Crippen LogP contribution < -0.4 is 5.32 Å². The lowest BCUT2D eigenvalue weighted by atomic mass is 10.1. The molecule has 0 spiro atoms. The fourth-order valence-electron chi connectivity index (χ4n) is 2.08. The molecule has 0 saturated heterocycles. The first-order chi connectivity index (χ1) is 11.1. The standard InChI is InChI=1S/C17H27NO5/c1-3-10-23-17(21)18-14(4-2)16(20)12-22-11-15(19)13-8-6-5-7-9-13/h3,5-9,14-21H,1,4,10-12H2,2H3/t14-,15-,16+,17+/m0/s1. The van der Waals surface area contributed by atoms with Crippen molar-refractivity contribution in [1.82, 2.24) is 5.32 Å². The number of rotatable bonds is 12. The summed E-state index contributed by atoms with van der Waals surface area (Å²) < 4.78 is 10.4. The summed E-state index contributed by atoms with van der Waals surface area (Å²) in [6.07, 6.45) is -0.637. The van der Waals surface area contributed by atoms with Crippen molar-refractivity contribution < 1.29 is 24.8 Å². The first-order valence-electron chi connectivity index (χ1n) is 7.73. The third kappa shape index (κ3) is 7.69. The van der Waals surface area contributed by atoms with Gasteiger partial charge in [-0.15, -0.1) is 6.58 Å². The average Bonchev–Trinajstić information content (AvgIpc) is 2.58. The first-order valence-corrected chi connectivity index (χ1v) is 7.73. The predicted octanol–water partition coefficient (Wildman–Crippen LogP) is 0.944. The summed E-state index contributed by atoms with van der Waals surface area (Å²) in [6, 6.07) is 8.80. The highest BCUT2D eigenvalue weighted by molar-refractivity contribution is 5.17. The van der Waals surface area contributed by atoms with Crippen LogP contribution in [0.1, 0.15) is 25.0 Å². The molecule has 0 heterocycles. The number of aliphatic hydroxyl groups is 3. The molecule has 0 radical (unpaired) electrons. The molecule has 0 aliphatic carbocycles. The van der Waals surface area contributed by atoms with Crippen LogP contribution in [0.3, 0.4) is 0 Å². The fraction of sp³-hybridized carbons (Fsp3) is 0.529. The summed E-state index contributed by atoms with van der Waals surface area (Å²) >= 11 is 0. The molecule has 0 aliphatic rings. The fourth-order valence-corrected chi connectivity index (χ4v) is 2.08. The molecule has 1 rings (SSSR count). The summed E-state index contributed by atoms with van der Waals surface area (Å²) in [6.45, 7) is 5.71. The maximum absolute atomic E-state index is 10.1. The molecule has 4 atom stereocenters. The smallest absolute Gasteiger partial charge is 0.214 e. The summed E-state index contributed by atoms with van der Waals surface area (Å²) in [5.74, 6) is 0. The number of ether oxygens (including phenoxy) is 2. The van der Waals surface area contributed by atoms with Gasteiger partial charge in [-0.05, 0) is 12.0 Å². The topological polar surface area (TPSA) is 91.2 Å². The van der Waals surface area contributed by atoms with Gasteiger partial charge in [0.1, 0.15) is 6.10 Å². The minimum Gasteiger partial charge on any atom is -0.389 e. The highest BCUT2D eigenvalue weighted by atomic mass is 16.6. The number of hydrogen-bond donors (Lipinski definition) is 4. The predicted molar refractivity (Wildman–Crippen MR) is 87.6 cm³/mol. The van der Waals surface area contributed by atoms with Crippen molar-refractivity contribution in [3.63, 3.8) is 0 Å². The van der Waals surface area contributed by atoms with Gasteiger partial charge >= 0.3 is 0 Å². The molecule has 0 aliphatic heterocycles. The number of aliphatic hydroxyl groups excluding tert-OH is 3. The van der Waals surface area contributed by atoms with E-state index in [4.69, 9.17) is 9.47 Å². The third-order valence-electron chi connectivity index (χ3n) is 3.38. The van der Waals surface area contributed by atoms with E-state index >= 15 is 0 Å². The maximum Gasteiger partial charge on any atom is 0.214 e. The van der Waals surface area contributed by atoms with Crippen molar-refractivity contribution in [2.24, 2.45) is 0 Å². The zero-order chi connectivity index (χ0) is 17.1. The zero-order valence-corrected chi connectivity index (χ0v) is 13.5. The highest BCUT2D eigenvalue weighted by Gasteiger charge is 2.21. The third-order valence-corrected chi connectivity index (χ3v) is 3.38. The minimum atomic E-state index is -1.18. The summed E-state index contributed by atoms with van der Waals surface area (Å²) in [5.41, 5.74) is 0.764. The lowest BCUT2D eigenvalue weighted by molar-refractivity contribution is -0.128. The molecule has 1 aromatic rings. The van der Waals surface area contributed by atoms with E-state index in [0.29, 0.717) is 6.42 Å². The normalized spacial score (nSPS) is 16.5. The van der Waals surface area contributed by atoms with Gasteiger partial charge in [-0.2, -0.15) is 0 Å². The molecule has 0 amide bonds. The molecule has 0 bridgehead atoms. The van der Waals surface area contributed by atoms with Crippen molar-refractivity contribution in [1.29, 1.82) is 0 Å². The van der Waals surface area contributed by atoms with E-state index < -0.39 is 18.6 Å². The van der Waals surface area contributed by atoms with E-state index in [1.54, 1.807) is 0 Å². The van der Waals surface area contributed by atoms with Gasteiger partial charge in [0.2, 0.25) is 6.41 Å². The van der Waals surface area contributed by atoms with Gasteiger partial charge in [-0.1, -0.05) is 43.3 Å². The van der Waals surface area contributed by atoms with E-state index in [1.807, 2.05) is 37.3 Å². The molecule has 23 heavy (non-hydrogen) atoms. The van der Waals surface area contributed by atoms with Gasteiger partial charge in [0.25, 0.3) is 0 Å². The molecular formula is C17H27NO5. The quantitative estimate of drug-likeness (QED) is 0.338. The molecule has 0 aromatic heterocycles. The Labute approximate surface area is 137 Å². The van der Waals surface area contributed by atoms with Crippen LogP contribution in [0.15, 0.2) is 43.0 Å². The van der Waals surface area contributed by atoms with Crippen molar-refractivity contribution in [2.45, 2.75) is 38.0 Å². The molecule has 130 valence electrons. The van der Waals surface area contributed by atoms with Crippen molar-refractivity contribution in [3.8, 4) is 0 Å². The van der Waals surface area contributed by atoms with Crippen LogP contribution in [0, 0.1) is 0 Å². The van der Waals surface area contributed by atoms with Crippen LogP contribution >= 0.6 is 0 Å². The molecule has 6 heteroatoms. The van der Waals surface area contributed by atoms with Crippen LogP contribution in [-0.4, -0.2) is 53.7 Å². The second-order valence-corrected chi connectivity index (χ2v) is 5.19.